The molecule has 0 radical (unpaired) electrons. The molecule has 1 aromatic carbocycles. The van der Waals surface area contributed by atoms with Gasteiger partial charge in [-0.3, -0.25) is 4.79 Å². The molecule has 6 heteroatoms. The van der Waals surface area contributed by atoms with Gasteiger partial charge in [0.2, 0.25) is 0 Å². The van der Waals surface area contributed by atoms with Crippen LogP contribution < -0.4 is 15.8 Å². The number of nitrogen functional groups attached to an aromatic ring is 1. The summed E-state index contributed by atoms with van der Waals surface area (Å²) in [4.78, 5) is 12.1. The summed E-state index contributed by atoms with van der Waals surface area (Å²) in [5.41, 5.74) is 6.65. The normalized spacial score (nSPS) is 20.6. The van der Waals surface area contributed by atoms with Crippen molar-refractivity contribution in [2.24, 2.45) is 0 Å². The fourth-order valence-corrected chi connectivity index (χ4v) is 2.06. The van der Waals surface area contributed by atoms with Crippen molar-refractivity contribution < 1.29 is 19.0 Å². The Balaban J connectivity index is 1.96. The Morgan fingerprint density at radius 1 is 1.55 bits per heavy atom. The predicted molar refractivity (Wildman–Crippen MR) is 74.6 cm³/mol. The van der Waals surface area contributed by atoms with Gasteiger partial charge in [0, 0.05) is 18.3 Å². The van der Waals surface area contributed by atoms with Gasteiger partial charge in [-0.15, -0.1) is 0 Å². The van der Waals surface area contributed by atoms with Crippen LogP contribution in [-0.2, 0) is 9.47 Å². The molecule has 1 fully saturated rings. The third kappa shape index (κ3) is 3.40. The first-order valence-corrected chi connectivity index (χ1v) is 6.45. The molecule has 1 aliphatic heterocycles. The molecule has 1 aliphatic rings. The third-order valence-corrected chi connectivity index (χ3v) is 3.03. The zero-order valence-corrected chi connectivity index (χ0v) is 11.9. The van der Waals surface area contributed by atoms with Crippen molar-refractivity contribution in [2.75, 3.05) is 26.0 Å². The van der Waals surface area contributed by atoms with Crippen LogP contribution in [-0.4, -0.2) is 38.1 Å². The quantitative estimate of drug-likeness (QED) is 0.809. The van der Waals surface area contributed by atoms with Crippen molar-refractivity contribution in [1.29, 1.82) is 0 Å². The van der Waals surface area contributed by atoms with E-state index < -0.39 is 5.79 Å². The van der Waals surface area contributed by atoms with E-state index in [1.54, 1.807) is 18.2 Å². The highest BCUT2D eigenvalue weighted by molar-refractivity contribution is 5.97. The molecule has 110 valence electrons. The Kier molecular flexibility index (Phi) is 4.15. The second-order valence-electron chi connectivity index (χ2n) is 5.12. The lowest BCUT2D eigenvalue weighted by atomic mass is 10.1. The van der Waals surface area contributed by atoms with Gasteiger partial charge in [-0.25, -0.2) is 0 Å². The number of hydrogen-bond acceptors (Lipinski definition) is 5. The van der Waals surface area contributed by atoms with Gasteiger partial charge in [-0.2, -0.15) is 0 Å². The summed E-state index contributed by atoms with van der Waals surface area (Å²) in [5.74, 6) is -0.365. The lowest BCUT2D eigenvalue weighted by Gasteiger charge is -2.17. The van der Waals surface area contributed by atoms with Crippen LogP contribution in [0.1, 0.15) is 24.2 Å². The maximum absolute atomic E-state index is 12.1. The van der Waals surface area contributed by atoms with Gasteiger partial charge in [0.25, 0.3) is 5.91 Å². The van der Waals surface area contributed by atoms with E-state index in [2.05, 4.69) is 5.32 Å². The monoisotopic (exact) mass is 280 g/mol. The Bertz CT molecular complexity index is 502. The maximum atomic E-state index is 12.1. The molecule has 6 nitrogen and oxygen atoms in total. The number of ether oxygens (including phenoxy) is 3. The van der Waals surface area contributed by atoms with Crippen molar-refractivity contribution in [2.45, 2.75) is 25.7 Å². The van der Waals surface area contributed by atoms with Crippen LogP contribution >= 0.6 is 0 Å². The van der Waals surface area contributed by atoms with E-state index in [0.717, 1.165) is 0 Å². The van der Waals surface area contributed by atoms with Gasteiger partial charge < -0.3 is 25.3 Å². The molecular weight excluding hydrogens is 260 g/mol. The molecule has 2 rings (SSSR count). The summed E-state index contributed by atoms with van der Waals surface area (Å²) in [5, 5.41) is 2.81. The van der Waals surface area contributed by atoms with Crippen molar-refractivity contribution >= 4 is 11.6 Å². The second kappa shape index (κ2) is 5.68. The Morgan fingerprint density at radius 3 is 2.90 bits per heavy atom. The zero-order chi connectivity index (χ0) is 14.8. The van der Waals surface area contributed by atoms with E-state index in [0.29, 0.717) is 30.2 Å². The van der Waals surface area contributed by atoms with E-state index in [-0.39, 0.29) is 12.0 Å². The second-order valence-corrected chi connectivity index (χ2v) is 5.12. The lowest BCUT2D eigenvalue weighted by molar-refractivity contribution is -0.137. The standard InChI is InChI=1S/C14H20N2O4/c1-14(2)19-8-10(20-14)7-16-13(17)11-5-4-9(15)6-12(11)18-3/h4-6,10H,7-8,15H2,1-3H3,(H,16,17). The van der Waals surface area contributed by atoms with Crippen LogP contribution in [0.15, 0.2) is 18.2 Å². The van der Waals surface area contributed by atoms with Gasteiger partial charge in [0.1, 0.15) is 11.9 Å². The van der Waals surface area contributed by atoms with Crippen LogP contribution in [0.25, 0.3) is 0 Å². The average Bonchev–Trinajstić information content (AvgIpc) is 2.75. The molecule has 0 bridgehead atoms. The minimum atomic E-state index is -0.589. The van der Waals surface area contributed by atoms with Gasteiger partial charge in [-0.1, -0.05) is 0 Å². The summed E-state index contributed by atoms with van der Waals surface area (Å²) in [6, 6.07) is 4.92. The fraction of sp³-hybridized carbons (Fsp3) is 0.500. The summed E-state index contributed by atoms with van der Waals surface area (Å²) in [6.45, 7) is 4.54. The molecule has 1 amide bonds. The van der Waals surface area contributed by atoms with Crippen LogP contribution in [0.5, 0.6) is 5.75 Å². The molecule has 1 atom stereocenters. The first-order valence-electron chi connectivity index (χ1n) is 6.45. The van der Waals surface area contributed by atoms with E-state index in [9.17, 15) is 4.79 Å². The van der Waals surface area contributed by atoms with Gasteiger partial charge >= 0.3 is 0 Å². The highest BCUT2D eigenvalue weighted by Gasteiger charge is 2.32. The summed E-state index contributed by atoms with van der Waals surface area (Å²) in [6.07, 6.45) is -0.145. The molecule has 1 heterocycles. The van der Waals surface area contributed by atoms with E-state index in [1.807, 2.05) is 13.8 Å². The van der Waals surface area contributed by atoms with Crippen LogP contribution in [0.2, 0.25) is 0 Å². The molecule has 0 spiro atoms. The Morgan fingerprint density at radius 2 is 2.30 bits per heavy atom. The molecule has 0 saturated carbocycles. The number of methoxy groups -OCH3 is 1. The molecular formula is C14H20N2O4. The van der Waals surface area contributed by atoms with Crippen molar-refractivity contribution in [3.05, 3.63) is 23.8 Å². The number of benzene rings is 1. The van der Waals surface area contributed by atoms with Gasteiger partial charge in [-0.05, 0) is 26.0 Å². The number of rotatable bonds is 4. The largest absolute Gasteiger partial charge is 0.496 e. The topological polar surface area (TPSA) is 82.8 Å². The molecule has 0 aliphatic carbocycles. The SMILES string of the molecule is COc1cc(N)ccc1C(=O)NCC1COC(C)(C)O1. The molecule has 1 aromatic rings. The van der Waals surface area contributed by atoms with Gasteiger partial charge in [0.05, 0.1) is 19.3 Å². The molecule has 0 aromatic heterocycles. The van der Waals surface area contributed by atoms with Crippen molar-refractivity contribution in [3.63, 3.8) is 0 Å². The molecule has 1 saturated heterocycles. The van der Waals surface area contributed by atoms with Crippen LogP contribution in [0, 0.1) is 0 Å². The number of amides is 1. The lowest BCUT2D eigenvalue weighted by Crippen LogP contribution is -2.34. The molecule has 1 unspecified atom stereocenters. The first-order chi connectivity index (χ1) is 9.41. The number of anilines is 1. The highest BCUT2D eigenvalue weighted by Crippen LogP contribution is 2.23. The van der Waals surface area contributed by atoms with Crippen molar-refractivity contribution in [3.8, 4) is 5.75 Å². The minimum Gasteiger partial charge on any atom is -0.496 e. The van der Waals surface area contributed by atoms with Gasteiger partial charge in [0.15, 0.2) is 5.79 Å². The van der Waals surface area contributed by atoms with E-state index >= 15 is 0 Å². The molecule has 3 N–H and O–H groups in total. The summed E-state index contributed by atoms with van der Waals surface area (Å²) >= 11 is 0. The van der Waals surface area contributed by atoms with E-state index in [4.69, 9.17) is 19.9 Å². The summed E-state index contributed by atoms with van der Waals surface area (Å²) < 4.78 is 16.2. The zero-order valence-electron chi connectivity index (χ0n) is 11.9. The molecule has 20 heavy (non-hydrogen) atoms. The smallest absolute Gasteiger partial charge is 0.255 e. The number of hydrogen-bond donors (Lipinski definition) is 2. The van der Waals surface area contributed by atoms with E-state index in [1.165, 1.54) is 7.11 Å². The number of carbonyl (C=O) groups excluding carboxylic acids is 1. The highest BCUT2D eigenvalue weighted by atomic mass is 16.7. The predicted octanol–water partition coefficient (Wildman–Crippen LogP) is 1.16. The van der Waals surface area contributed by atoms with Crippen molar-refractivity contribution in [1.82, 2.24) is 5.32 Å². The maximum Gasteiger partial charge on any atom is 0.255 e. The summed E-state index contributed by atoms with van der Waals surface area (Å²) in [7, 11) is 1.50. The Labute approximate surface area is 118 Å². The Hall–Kier alpha value is -1.79. The number of carbonyl (C=O) groups is 1. The van der Waals surface area contributed by atoms with Crippen LogP contribution in [0.4, 0.5) is 5.69 Å². The fourth-order valence-electron chi connectivity index (χ4n) is 2.06. The first kappa shape index (κ1) is 14.6. The van der Waals surface area contributed by atoms with Crippen LogP contribution in [0.3, 0.4) is 0 Å². The third-order valence-electron chi connectivity index (χ3n) is 3.03. The minimum absolute atomic E-state index is 0.145. The average molecular weight is 280 g/mol. The number of nitrogens with two attached hydrogens (primary N) is 1. The number of nitrogens with one attached hydrogen (secondary N) is 1.